The second kappa shape index (κ2) is 4.41. The van der Waals surface area contributed by atoms with Crippen LogP contribution in [0.5, 0.6) is 0 Å². The summed E-state index contributed by atoms with van der Waals surface area (Å²) < 4.78 is 0. The van der Waals surface area contributed by atoms with Crippen LogP contribution < -0.4 is 0 Å². The molecule has 1 saturated heterocycles. The van der Waals surface area contributed by atoms with Crippen molar-refractivity contribution in [3.8, 4) is 0 Å². The van der Waals surface area contributed by atoms with Crippen molar-refractivity contribution in [1.29, 1.82) is 0 Å². The number of carboxylic acids is 1. The van der Waals surface area contributed by atoms with E-state index >= 15 is 0 Å². The first-order valence-corrected chi connectivity index (χ1v) is 5.85. The average molecular weight is 226 g/mol. The number of nitrogens with zero attached hydrogens (tertiary/aromatic N) is 2. The second-order valence-corrected chi connectivity index (χ2v) is 4.65. The molecule has 16 heavy (non-hydrogen) atoms. The Morgan fingerprint density at radius 1 is 1.19 bits per heavy atom. The van der Waals surface area contributed by atoms with Gasteiger partial charge in [-0.3, -0.25) is 14.5 Å². The molecule has 1 heterocycles. The highest BCUT2D eigenvalue weighted by atomic mass is 16.4. The summed E-state index contributed by atoms with van der Waals surface area (Å²) in [5, 5.41) is 8.78. The van der Waals surface area contributed by atoms with Crippen LogP contribution in [0.1, 0.15) is 19.8 Å². The van der Waals surface area contributed by atoms with E-state index in [1.165, 1.54) is 19.8 Å². The fraction of sp³-hybridized carbons (Fsp3) is 0.818. The zero-order valence-electron chi connectivity index (χ0n) is 9.56. The van der Waals surface area contributed by atoms with E-state index in [4.69, 9.17) is 5.11 Å². The molecular formula is C11H18N2O3. The summed E-state index contributed by atoms with van der Waals surface area (Å²) in [7, 11) is 0. The maximum absolute atomic E-state index is 11.8. The zero-order valence-corrected chi connectivity index (χ0v) is 9.56. The van der Waals surface area contributed by atoms with Gasteiger partial charge in [0.05, 0.1) is 0 Å². The molecule has 2 fully saturated rings. The third-order valence-corrected chi connectivity index (χ3v) is 3.43. The van der Waals surface area contributed by atoms with E-state index in [9.17, 15) is 9.59 Å². The molecule has 2 aliphatic rings. The molecule has 1 N–H and O–H groups in total. The smallest absolute Gasteiger partial charge is 0.315 e. The molecule has 0 spiro atoms. The number of hydrogen-bond acceptors (Lipinski definition) is 3. The van der Waals surface area contributed by atoms with Crippen LogP contribution >= 0.6 is 0 Å². The van der Waals surface area contributed by atoms with E-state index in [0.29, 0.717) is 13.1 Å². The molecule has 2 rings (SSSR count). The number of aliphatic carboxylic acids is 1. The Morgan fingerprint density at radius 2 is 1.75 bits per heavy atom. The molecule has 90 valence electrons. The maximum Gasteiger partial charge on any atom is 0.315 e. The third-order valence-electron chi connectivity index (χ3n) is 3.43. The Balaban J connectivity index is 1.83. The third kappa shape index (κ3) is 2.35. The number of carbonyl (C=O) groups excluding carboxylic acids is 1. The largest absolute Gasteiger partial charge is 0.481 e. The fourth-order valence-electron chi connectivity index (χ4n) is 2.13. The van der Waals surface area contributed by atoms with Gasteiger partial charge in [-0.25, -0.2) is 0 Å². The van der Waals surface area contributed by atoms with Crippen LogP contribution in [0.3, 0.4) is 0 Å². The number of carbonyl (C=O) groups is 2. The lowest BCUT2D eigenvalue weighted by molar-refractivity contribution is -0.151. The van der Waals surface area contributed by atoms with Crippen LogP contribution in [-0.2, 0) is 9.59 Å². The first-order valence-electron chi connectivity index (χ1n) is 5.85. The first kappa shape index (κ1) is 11.4. The Kier molecular flexibility index (Phi) is 3.14. The number of carboxylic acid groups (broad SMARTS) is 1. The van der Waals surface area contributed by atoms with Gasteiger partial charge in [-0.2, -0.15) is 0 Å². The number of rotatable bonds is 3. The van der Waals surface area contributed by atoms with Crippen molar-refractivity contribution < 1.29 is 14.7 Å². The predicted octanol–water partition coefficient (Wildman–Crippen LogP) is 0.0137. The van der Waals surface area contributed by atoms with E-state index in [-0.39, 0.29) is 5.91 Å². The molecule has 1 unspecified atom stereocenters. The molecule has 1 saturated carbocycles. The molecule has 0 aromatic rings. The van der Waals surface area contributed by atoms with Crippen molar-refractivity contribution in [2.75, 3.05) is 26.2 Å². The molecule has 1 aliphatic heterocycles. The minimum absolute atomic E-state index is 0.247. The molecule has 5 heteroatoms. The Labute approximate surface area is 95.0 Å². The average Bonchev–Trinajstić information content (AvgIpc) is 3.11. The second-order valence-electron chi connectivity index (χ2n) is 4.65. The van der Waals surface area contributed by atoms with E-state index in [2.05, 4.69) is 4.90 Å². The van der Waals surface area contributed by atoms with Gasteiger partial charge in [0, 0.05) is 32.2 Å². The molecule has 1 atom stereocenters. The standard InChI is InChI=1S/C11H18N2O3/c1-8(11(15)16)10(14)13-6-4-12(5-7-13)9-2-3-9/h8-9H,2-7H2,1H3,(H,15,16). The maximum atomic E-state index is 11.8. The quantitative estimate of drug-likeness (QED) is 0.689. The molecule has 0 aromatic carbocycles. The van der Waals surface area contributed by atoms with Gasteiger partial charge in [0.15, 0.2) is 0 Å². The van der Waals surface area contributed by atoms with Gasteiger partial charge in [0.25, 0.3) is 0 Å². The lowest BCUT2D eigenvalue weighted by Crippen LogP contribution is -2.51. The first-order chi connectivity index (χ1) is 7.59. The van der Waals surface area contributed by atoms with E-state index < -0.39 is 11.9 Å². The van der Waals surface area contributed by atoms with Gasteiger partial charge < -0.3 is 10.0 Å². The highest BCUT2D eigenvalue weighted by Gasteiger charge is 2.34. The molecule has 5 nitrogen and oxygen atoms in total. The minimum atomic E-state index is -1.03. The highest BCUT2D eigenvalue weighted by Crippen LogP contribution is 2.27. The summed E-state index contributed by atoms with van der Waals surface area (Å²) in [6.45, 7) is 4.59. The van der Waals surface area contributed by atoms with Gasteiger partial charge in [-0.15, -0.1) is 0 Å². The molecule has 0 bridgehead atoms. The summed E-state index contributed by atoms with van der Waals surface area (Å²) in [5.74, 6) is -2.19. The Morgan fingerprint density at radius 3 is 2.19 bits per heavy atom. The van der Waals surface area contributed by atoms with E-state index in [1.807, 2.05) is 0 Å². The van der Waals surface area contributed by atoms with Gasteiger partial charge >= 0.3 is 5.97 Å². The lowest BCUT2D eigenvalue weighted by atomic mass is 10.1. The van der Waals surface area contributed by atoms with Crippen LogP contribution in [-0.4, -0.2) is 59.0 Å². The summed E-state index contributed by atoms with van der Waals surface area (Å²) in [4.78, 5) is 26.5. The van der Waals surface area contributed by atoms with Gasteiger partial charge in [-0.05, 0) is 19.8 Å². The van der Waals surface area contributed by atoms with Crippen molar-refractivity contribution in [3.63, 3.8) is 0 Å². The Hall–Kier alpha value is -1.10. The number of piperazine rings is 1. The fourth-order valence-corrected chi connectivity index (χ4v) is 2.13. The zero-order chi connectivity index (χ0) is 11.7. The predicted molar refractivity (Wildman–Crippen MR) is 58.0 cm³/mol. The molecule has 1 aliphatic carbocycles. The summed E-state index contributed by atoms with van der Waals surface area (Å²) in [6.07, 6.45) is 2.55. The molecule has 0 radical (unpaired) electrons. The van der Waals surface area contributed by atoms with Gasteiger partial charge in [0.1, 0.15) is 5.92 Å². The number of amides is 1. The van der Waals surface area contributed by atoms with E-state index in [1.54, 1.807) is 4.90 Å². The lowest BCUT2D eigenvalue weighted by Gasteiger charge is -2.35. The summed E-state index contributed by atoms with van der Waals surface area (Å²) in [5.41, 5.74) is 0. The summed E-state index contributed by atoms with van der Waals surface area (Å²) in [6, 6.07) is 0.731. The molecule has 1 amide bonds. The van der Waals surface area contributed by atoms with Crippen LogP contribution in [0.4, 0.5) is 0 Å². The van der Waals surface area contributed by atoms with Gasteiger partial charge in [0.2, 0.25) is 5.91 Å². The highest BCUT2D eigenvalue weighted by molar-refractivity contribution is 5.96. The van der Waals surface area contributed by atoms with Crippen LogP contribution in [0.2, 0.25) is 0 Å². The van der Waals surface area contributed by atoms with Crippen molar-refractivity contribution >= 4 is 11.9 Å². The molecule has 0 aromatic heterocycles. The topological polar surface area (TPSA) is 60.9 Å². The SMILES string of the molecule is CC(C(=O)O)C(=O)N1CCN(C2CC2)CC1. The van der Waals surface area contributed by atoms with Crippen molar-refractivity contribution in [2.24, 2.45) is 5.92 Å². The Bertz CT molecular complexity index is 294. The van der Waals surface area contributed by atoms with Crippen LogP contribution in [0.15, 0.2) is 0 Å². The number of hydrogen-bond donors (Lipinski definition) is 1. The van der Waals surface area contributed by atoms with E-state index in [0.717, 1.165) is 19.1 Å². The normalized spacial score (nSPS) is 24.2. The monoisotopic (exact) mass is 226 g/mol. The van der Waals surface area contributed by atoms with Crippen LogP contribution in [0, 0.1) is 5.92 Å². The summed E-state index contributed by atoms with van der Waals surface area (Å²) >= 11 is 0. The van der Waals surface area contributed by atoms with Crippen LogP contribution in [0.25, 0.3) is 0 Å². The van der Waals surface area contributed by atoms with Crippen molar-refractivity contribution in [3.05, 3.63) is 0 Å². The molecular weight excluding hydrogens is 208 g/mol. The van der Waals surface area contributed by atoms with Crippen molar-refractivity contribution in [1.82, 2.24) is 9.80 Å². The minimum Gasteiger partial charge on any atom is -0.481 e. The van der Waals surface area contributed by atoms with Gasteiger partial charge in [-0.1, -0.05) is 0 Å². The van der Waals surface area contributed by atoms with Crippen molar-refractivity contribution in [2.45, 2.75) is 25.8 Å².